The number of nitrogens with one attached hydrogen (secondary N) is 1. The summed E-state index contributed by atoms with van der Waals surface area (Å²) in [4.78, 5) is 17.5. The molecule has 0 fully saturated rings. The number of hydrogen-bond donors (Lipinski definition) is 1. The number of carbonyl (C=O) groups is 1. The van der Waals surface area contributed by atoms with E-state index >= 15 is 0 Å². The Kier molecular flexibility index (Phi) is 4.23. The molecule has 1 aromatic heterocycles. The summed E-state index contributed by atoms with van der Waals surface area (Å²) in [6, 6.07) is 13.9. The lowest BCUT2D eigenvalue weighted by atomic mass is 9.74. The van der Waals surface area contributed by atoms with Gasteiger partial charge in [0.25, 0.3) is 0 Å². The molecule has 1 aliphatic carbocycles. The molecule has 5 rings (SSSR count). The number of pyridine rings is 1. The molecule has 2 aliphatic rings. The maximum Gasteiger partial charge on any atom is 0.161 e. The zero-order valence-corrected chi connectivity index (χ0v) is 16.5. The molecule has 0 bridgehead atoms. The van der Waals surface area contributed by atoms with E-state index in [1.165, 1.54) is 0 Å². The van der Waals surface area contributed by atoms with Crippen molar-refractivity contribution in [2.75, 3.05) is 19.5 Å². The standard InChI is InChI=1S/C24H22N2O3/c1-28-14-8-9-16(21(13-14)29-2)22-17-10-11-18-15(5-4-12-25-18)24(17)26-19-6-3-7-20(27)23(19)22/h4-5,8-13,22,26H,3,6-7H2,1-2H3/t22-/m1/s1. The minimum absolute atomic E-state index is 0.181. The minimum Gasteiger partial charge on any atom is -0.497 e. The number of methoxy groups -OCH3 is 2. The normalized spacial score (nSPS) is 18.1. The third-order valence-corrected chi connectivity index (χ3v) is 5.90. The quantitative estimate of drug-likeness (QED) is 0.700. The van der Waals surface area contributed by atoms with E-state index in [2.05, 4.69) is 22.4 Å². The van der Waals surface area contributed by atoms with Crippen molar-refractivity contribution < 1.29 is 14.3 Å². The van der Waals surface area contributed by atoms with Gasteiger partial charge in [-0.2, -0.15) is 0 Å². The molecular weight excluding hydrogens is 364 g/mol. The molecule has 0 radical (unpaired) electrons. The number of allylic oxidation sites excluding steroid dienone is 2. The number of aromatic nitrogens is 1. The lowest BCUT2D eigenvalue weighted by molar-refractivity contribution is -0.116. The first-order chi connectivity index (χ1) is 14.2. The Labute approximate surface area is 169 Å². The first-order valence-electron chi connectivity index (χ1n) is 9.84. The van der Waals surface area contributed by atoms with E-state index < -0.39 is 0 Å². The van der Waals surface area contributed by atoms with Gasteiger partial charge in [-0.1, -0.05) is 12.1 Å². The summed E-state index contributed by atoms with van der Waals surface area (Å²) in [6.45, 7) is 0. The van der Waals surface area contributed by atoms with Gasteiger partial charge in [0, 0.05) is 46.8 Å². The molecule has 5 heteroatoms. The van der Waals surface area contributed by atoms with Gasteiger partial charge in [0.1, 0.15) is 11.5 Å². The number of nitrogens with zero attached hydrogens (tertiary/aromatic N) is 1. The minimum atomic E-state index is -0.181. The van der Waals surface area contributed by atoms with Gasteiger partial charge in [-0.25, -0.2) is 0 Å². The van der Waals surface area contributed by atoms with E-state index in [4.69, 9.17) is 9.47 Å². The summed E-state index contributed by atoms with van der Waals surface area (Å²) in [7, 11) is 3.29. The van der Waals surface area contributed by atoms with E-state index in [0.717, 1.165) is 63.3 Å². The van der Waals surface area contributed by atoms with Crippen LogP contribution in [0, 0.1) is 0 Å². The molecule has 146 valence electrons. The Balaban J connectivity index is 1.80. The van der Waals surface area contributed by atoms with Crippen molar-refractivity contribution in [3.8, 4) is 11.5 Å². The molecule has 1 N–H and O–H groups in total. The Morgan fingerprint density at radius 3 is 2.72 bits per heavy atom. The van der Waals surface area contributed by atoms with Crippen LogP contribution in [0.2, 0.25) is 0 Å². The van der Waals surface area contributed by atoms with Gasteiger partial charge in [0.05, 0.1) is 25.4 Å². The first-order valence-corrected chi connectivity index (χ1v) is 9.84. The fraction of sp³-hybridized carbons (Fsp3) is 0.250. The number of anilines is 1. The molecule has 2 aromatic carbocycles. The van der Waals surface area contributed by atoms with Gasteiger partial charge in [0.15, 0.2) is 5.78 Å². The lowest BCUT2D eigenvalue weighted by Gasteiger charge is -2.35. The number of fused-ring (bicyclic) bond motifs is 3. The summed E-state index contributed by atoms with van der Waals surface area (Å²) in [5.41, 5.74) is 5.89. The van der Waals surface area contributed by atoms with Crippen molar-refractivity contribution in [2.45, 2.75) is 25.2 Å². The summed E-state index contributed by atoms with van der Waals surface area (Å²) in [6.07, 6.45) is 4.12. The Hall–Kier alpha value is -3.34. The number of Topliss-reactive ketones (excluding diaryl/α,β-unsaturated/α-hetero) is 1. The Bertz CT molecular complexity index is 1170. The van der Waals surface area contributed by atoms with Crippen LogP contribution in [-0.2, 0) is 4.79 Å². The molecule has 2 heterocycles. The fourth-order valence-corrected chi connectivity index (χ4v) is 4.56. The third kappa shape index (κ3) is 2.77. The topological polar surface area (TPSA) is 60.5 Å². The highest BCUT2D eigenvalue weighted by Gasteiger charge is 2.37. The van der Waals surface area contributed by atoms with Crippen LogP contribution in [-0.4, -0.2) is 25.0 Å². The van der Waals surface area contributed by atoms with Crippen LogP contribution in [0.3, 0.4) is 0 Å². The summed E-state index contributed by atoms with van der Waals surface area (Å²) in [5, 5.41) is 4.65. The number of carbonyl (C=O) groups excluding carboxylic acids is 1. The summed E-state index contributed by atoms with van der Waals surface area (Å²) in [5.74, 6) is 1.48. The molecule has 1 atom stereocenters. The monoisotopic (exact) mass is 386 g/mol. The van der Waals surface area contributed by atoms with E-state index in [0.29, 0.717) is 6.42 Å². The number of benzene rings is 2. The van der Waals surface area contributed by atoms with Crippen LogP contribution in [0.25, 0.3) is 10.9 Å². The smallest absolute Gasteiger partial charge is 0.161 e. The molecule has 0 unspecified atom stereocenters. The lowest BCUT2D eigenvalue weighted by Crippen LogP contribution is -2.27. The van der Waals surface area contributed by atoms with Gasteiger partial charge >= 0.3 is 0 Å². The second-order valence-electron chi connectivity index (χ2n) is 7.43. The molecule has 1 aliphatic heterocycles. The average Bonchev–Trinajstić information content (AvgIpc) is 2.77. The number of rotatable bonds is 3. The molecule has 29 heavy (non-hydrogen) atoms. The maximum atomic E-state index is 13.0. The second kappa shape index (κ2) is 6.92. The maximum absolute atomic E-state index is 13.0. The van der Waals surface area contributed by atoms with Gasteiger partial charge in [-0.05, 0) is 42.7 Å². The van der Waals surface area contributed by atoms with Crippen LogP contribution in [0.4, 0.5) is 5.69 Å². The van der Waals surface area contributed by atoms with E-state index in [1.807, 2.05) is 30.3 Å². The van der Waals surface area contributed by atoms with E-state index in [-0.39, 0.29) is 11.7 Å². The van der Waals surface area contributed by atoms with Crippen molar-refractivity contribution in [3.63, 3.8) is 0 Å². The van der Waals surface area contributed by atoms with Gasteiger partial charge < -0.3 is 14.8 Å². The highest BCUT2D eigenvalue weighted by Crippen LogP contribution is 2.49. The molecule has 0 amide bonds. The van der Waals surface area contributed by atoms with Crippen LogP contribution >= 0.6 is 0 Å². The zero-order valence-electron chi connectivity index (χ0n) is 16.5. The summed E-state index contributed by atoms with van der Waals surface area (Å²) < 4.78 is 11.1. The SMILES string of the molecule is COc1ccc([C@H]2C3=C(CCCC3=O)Nc3c2ccc2ncccc32)c(OC)c1. The molecule has 0 saturated heterocycles. The van der Waals surface area contributed by atoms with Crippen molar-refractivity contribution in [2.24, 2.45) is 0 Å². The molecule has 5 nitrogen and oxygen atoms in total. The molecular formula is C24H22N2O3. The molecule has 0 spiro atoms. The van der Waals surface area contributed by atoms with Crippen LogP contribution in [0.5, 0.6) is 11.5 Å². The average molecular weight is 386 g/mol. The molecule has 0 saturated carbocycles. The van der Waals surface area contributed by atoms with Crippen molar-refractivity contribution in [1.29, 1.82) is 0 Å². The van der Waals surface area contributed by atoms with Crippen LogP contribution < -0.4 is 14.8 Å². The van der Waals surface area contributed by atoms with E-state index in [1.54, 1.807) is 20.4 Å². The van der Waals surface area contributed by atoms with Gasteiger partial charge in [-0.15, -0.1) is 0 Å². The number of ketones is 1. The largest absolute Gasteiger partial charge is 0.497 e. The van der Waals surface area contributed by atoms with Gasteiger partial charge in [0.2, 0.25) is 0 Å². The van der Waals surface area contributed by atoms with Crippen molar-refractivity contribution in [3.05, 3.63) is 71.1 Å². The predicted molar refractivity (Wildman–Crippen MR) is 113 cm³/mol. The predicted octanol–water partition coefficient (Wildman–Crippen LogP) is 4.82. The van der Waals surface area contributed by atoms with Crippen LogP contribution in [0.1, 0.15) is 36.3 Å². The second-order valence-corrected chi connectivity index (χ2v) is 7.43. The first kappa shape index (κ1) is 17.7. The third-order valence-electron chi connectivity index (χ3n) is 5.90. The van der Waals surface area contributed by atoms with E-state index in [9.17, 15) is 4.79 Å². The Morgan fingerprint density at radius 1 is 1.03 bits per heavy atom. The highest BCUT2D eigenvalue weighted by molar-refractivity contribution is 6.04. The Morgan fingerprint density at radius 2 is 1.90 bits per heavy atom. The van der Waals surface area contributed by atoms with Crippen molar-refractivity contribution >= 4 is 22.4 Å². The van der Waals surface area contributed by atoms with Crippen molar-refractivity contribution in [1.82, 2.24) is 4.98 Å². The summed E-state index contributed by atoms with van der Waals surface area (Å²) >= 11 is 0. The molecule has 3 aromatic rings. The fourth-order valence-electron chi connectivity index (χ4n) is 4.56. The zero-order chi connectivity index (χ0) is 20.0. The van der Waals surface area contributed by atoms with Crippen LogP contribution in [0.15, 0.2) is 59.9 Å². The number of ether oxygens (including phenoxy) is 2. The highest BCUT2D eigenvalue weighted by atomic mass is 16.5. The number of hydrogen-bond acceptors (Lipinski definition) is 5. The van der Waals surface area contributed by atoms with Gasteiger partial charge in [-0.3, -0.25) is 9.78 Å².